The molecule has 1 heterocycles. The smallest absolute Gasteiger partial charge is 0.225 e. The number of hydrogen-bond donors (Lipinski definition) is 3. The van der Waals surface area contributed by atoms with E-state index in [4.69, 9.17) is 11.5 Å². The predicted molar refractivity (Wildman–Crippen MR) is 97.0 cm³/mol. The zero-order chi connectivity index (χ0) is 17.7. The van der Waals surface area contributed by atoms with Crippen molar-refractivity contribution in [1.29, 1.82) is 0 Å². The molecule has 0 aliphatic heterocycles. The first-order valence-corrected chi connectivity index (χ1v) is 8.59. The van der Waals surface area contributed by atoms with Gasteiger partial charge in [0.15, 0.2) is 5.82 Å². The first kappa shape index (κ1) is 18.1. The van der Waals surface area contributed by atoms with E-state index >= 15 is 0 Å². The van der Waals surface area contributed by atoms with E-state index in [0.717, 1.165) is 6.42 Å². The van der Waals surface area contributed by atoms with Crippen LogP contribution >= 0.6 is 0 Å². The molecule has 0 amide bonds. The first-order valence-electron chi connectivity index (χ1n) is 8.59. The molecule has 2 aromatic rings. The number of benzene rings is 1. The lowest BCUT2D eigenvalue weighted by atomic mass is 9.92. The van der Waals surface area contributed by atoms with E-state index in [0.29, 0.717) is 30.2 Å². The topological polar surface area (TPSA) is 107 Å². The summed E-state index contributed by atoms with van der Waals surface area (Å²) in [5.74, 6) is 2.03. The van der Waals surface area contributed by atoms with Crippen molar-refractivity contribution in [2.24, 2.45) is 5.92 Å². The largest absolute Gasteiger partial charge is 0.368 e. The number of aromatic nitrogens is 3. The SMILES string of the molecule is CC[C@@H](C)c1ccc([C@@H]([NH2+]Cc2nc(N)nc(N)n2)C(C)C)cc1. The maximum atomic E-state index is 5.64. The summed E-state index contributed by atoms with van der Waals surface area (Å²) in [5, 5.41) is 2.23. The van der Waals surface area contributed by atoms with Gasteiger partial charge < -0.3 is 16.8 Å². The van der Waals surface area contributed by atoms with Gasteiger partial charge >= 0.3 is 0 Å². The van der Waals surface area contributed by atoms with E-state index in [-0.39, 0.29) is 11.9 Å². The van der Waals surface area contributed by atoms with Crippen LogP contribution in [-0.4, -0.2) is 15.0 Å². The molecular formula is C18H29N6+. The van der Waals surface area contributed by atoms with Crippen molar-refractivity contribution in [3.05, 3.63) is 41.2 Å². The Hall–Kier alpha value is -2.21. The average Bonchev–Trinajstić information content (AvgIpc) is 2.53. The number of nitrogens with zero attached hydrogens (tertiary/aromatic N) is 3. The van der Waals surface area contributed by atoms with Gasteiger partial charge in [-0.1, -0.05) is 52.0 Å². The summed E-state index contributed by atoms with van der Waals surface area (Å²) in [7, 11) is 0. The summed E-state index contributed by atoms with van der Waals surface area (Å²) in [6.45, 7) is 9.54. The standard InChI is InChI=1S/C18H28N6/c1-5-12(4)13-6-8-14(9-7-13)16(11(2)3)21-10-15-22-17(19)24-18(20)23-15/h6-9,11-12,16,21H,5,10H2,1-4H3,(H4,19,20,22,23,24)/p+1/t12-,16+/m1/s1. The summed E-state index contributed by atoms with van der Waals surface area (Å²) in [6, 6.07) is 9.28. The Bertz CT molecular complexity index is 633. The quantitative estimate of drug-likeness (QED) is 0.720. The highest BCUT2D eigenvalue weighted by Gasteiger charge is 2.20. The van der Waals surface area contributed by atoms with Crippen molar-refractivity contribution in [3.63, 3.8) is 0 Å². The molecule has 6 heteroatoms. The summed E-state index contributed by atoms with van der Waals surface area (Å²) in [6.07, 6.45) is 1.15. The molecule has 2 atom stereocenters. The molecule has 0 aliphatic carbocycles. The molecule has 0 fully saturated rings. The number of nitrogen functional groups attached to an aromatic ring is 2. The normalized spacial score (nSPS) is 13.9. The Balaban J connectivity index is 2.11. The first-order chi connectivity index (χ1) is 11.4. The summed E-state index contributed by atoms with van der Waals surface area (Å²) in [5.41, 5.74) is 14.0. The van der Waals surface area contributed by atoms with E-state index in [2.05, 4.69) is 72.2 Å². The van der Waals surface area contributed by atoms with Gasteiger partial charge in [0, 0.05) is 11.5 Å². The fourth-order valence-electron chi connectivity index (χ4n) is 2.86. The number of nitrogens with two attached hydrogens (primary N) is 3. The van der Waals surface area contributed by atoms with Crippen LogP contribution in [0.25, 0.3) is 0 Å². The van der Waals surface area contributed by atoms with Crippen LogP contribution in [0.3, 0.4) is 0 Å². The van der Waals surface area contributed by atoms with Gasteiger partial charge in [0.2, 0.25) is 11.9 Å². The van der Waals surface area contributed by atoms with Gasteiger partial charge in [0.1, 0.15) is 12.6 Å². The predicted octanol–water partition coefficient (Wildman–Crippen LogP) is 2.01. The fraction of sp³-hybridized carbons (Fsp3) is 0.500. The van der Waals surface area contributed by atoms with Crippen molar-refractivity contribution in [2.75, 3.05) is 11.5 Å². The molecule has 0 unspecified atom stereocenters. The van der Waals surface area contributed by atoms with Crippen molar-refractivity contribution < 1.29 is 5.32 Å². The zero-order valence-corrected chi connectivity index (χ0v) is 15.0. The Morgan fingerprint density at radius 2 is 1.46 bits per heavy atom. The molecule has 0 saturated carbocycles. The third-order valence-electron chi connectivity index (χ3n) is 4.49. The second-order valence-corrected chi connectivity index (χ2v) is 6.65. The highest BCUT2D eigenvalue weighted by Crippen LogP contribution is 2.23. The van der Waals surface area contributed by atoms with Crippen LogP contribution in [0.2, 0.25) is 0 Å². The van der Waals surface area contributed by atoms with Crippen molar-refractivity contribution in [2.45, 2.75) is 52.6 Å². The van der Waals surface area contributed by atoms with Gasteiger partial charge in [-0.2, -0.15) is 15.0 Å². The maximum Gasteiger partial charge on any atom is 0.225 e. The molecule has 0 saturated heterocycles. The molecule has 130 valence electrons. The highest BCUT2D eigenvalue weighted by atomic mass is 15.2. The Kier molecular flexibility index (Phi) is 6.09. The summed E-state index contributed by atoms with van der Waals surface area (Å²) < 4.78 is 0. The van der Waals surface area contributed by atoms with E-state index in [1.54, 1.807) is 0 Å². The monoisotopic (exact) mass is 329 g/mol. The summed E-state index contributed by atoms with van der Waals surface area (Å²) in [4.78, 5) is 12.1. The lowest BCUT2D eigenvalue weighted by molar-refractivity contribution is -0.718. The van der Waals surface area contributed by atoms with Crippen LogP contribution in [0.4, 0.5) is 11.9 Å². The number of rotatable bonds is 7. The molecular weight excluding hydrogens is 300 g/mol. The van der Waals surface area contributed by atoms with Gasteiger partial charge in [-0.05, 0) is 17.9 Å². The molecule has 2 rings (SSSR count). The molecule has 6 N–H and O–H groups in total. The minimum absolute atomic E-state index is 0.171. The minimum Gasteiger partial charge on any atom is -0.368 e. The van der Waals surface area contributed by atoms with E-state index < -0.39 is 0 Å². The lowest BCUT2D eigenvalue weighted by Gasteiger charge is -2.20. The van der Waals surface area contributed by atoms with Crippen molar-refractivity contribution >= 4 is 11.9 Å². The van der Waals surface area contributed by atoms with E-state index in [1.165, 1.54) is 11.1 Å². The van der Waals surface area contributed by atoms with Gasteiger partial charge in [0.05, 0.1) is 0 Å². The second kappa shape index (κ2) is 8.06. The van der Waals surface area contributed by atoms with Gasteiger partial charge in [0.25, 0.3) is 0 Å². The van der Waals surface area contributed by atoms with Crippen LogP contribution < -0.4 is 16.8 Å². The van der Waals surface area contributed by atoms with Crippen LogP contribution in [0.1, 0.15) is 63.0 Å². The van der Waals surface area contributed by atoms with Gasteiger partial charge in [-0.3, -0.25) is 0 Å². The minimum atomic E-state index is 0.171. The van der Waals surface area contributed by atoms with Crippen molar-refractivity contribution in [3.8, 4) is 0 Å². The lowest BCUT2D eigenvalue weighted by Crippen LogP contribution is -2.85. The van der Waals surface area contributed by atoms with Gasteiger partial charge in [-0.25, -0.2) is 0 Å². The van der Waals surface area contributed by atoms with Crippen LogP contribution in [0.5, 0.6) is 0 Å². The Morgan fingerprint density at radius 1 is 0.917 bits per heavy atom. The maximum absolute atomic E-state index is 5.64. The van der Waals surface area contributed by atoms with Gasteiger partial charge in [-0.15, -0.1) is 0 Å². The molecule has 0 bridgehead atoms. The van der Waals surface area contributed by atoms with Crippen LogP contribution in [0.15, 0.2) is 24.3 Å². The second-order valence-electron chi connectivity index (χ2n) is 6.65. The Morgan fingerprint density at radius 3 is 1.96 bits per heavy atom. The highest BCUT2D eigenvalue weighted by molar-refractivity contribution is 5.27. The summed E-state index contributed by atoms with van der Waals surface area (Å²) >= 11 is 0. The molecule has 0 aliphatic rings. The van der Waals surface area contributed by atoms with Crippen LogP contribution in [-0.2, 0) is 6.54 Å². The van der Waals surface area contributed by atoms with Crippen LogP contribution in [0, 0.1) is 5.92 Å². The third kappa shape index (κ3) is 4.64. The number of hydrogen-bond acceptors (Lipinski definition) is 5. The molecule has 24 heavy (non-hydrogen) atoms. The number of anilines is 2. The fourth-order valence-corrected chi connectivity index (χ4v) is 2.86. The molecule has 0 radical (unpaired) electrons. The Labute approximate surface area is 144 Å². The third-order valence-corrected chi connectivity index (χ3v) is 4.49. The molecule has 1 aromatic heterocycles. The van der Waals surface area contributed by atoms with E-state index in [1.807, 2.05) is 0 Å². The van der Waals surface area contributed by atoms with E-state index in [9.17, 15) is 0 Å². The number of quaternary nitrogens is 1. The molecule has 1 aromatic carbocycles. The van der Waals surface area contributed by atoms with Crippen molar-refractivity contribution in [1.82, 2.24) is 15.0 Å². The average molecular weight is 329 g/mol. The molecule has 0 spiro atoms. The zero-order valence-electron chi connectivity index (χ0n) is 15.0. The molecule has 6 nitrogen and oxygen atoms in total.